The Kier molecular flexibility index (Phi) is 13.4. The van der Waals surface area contributed by atoms with Crippen LogP contribution in [0.4, 0.5) is 0 Å². The third kappa shape index (κ3) is 6.79. The quantitative estimate of drug-likeness (QED) is 0.332. The van der Waals surface area contributed by atoms with Crippen LogP contribution in [0.1, 0.15) is 69.9 Å². The molecule has 0 aliphatic carbocycles. The molecule has 0 bridgehead atoms. The van der Waals surface area contributed by atoms with Crippen molar-refractivity contribution < 1.29 is 51.0 Å². The summed E-state index contributed by atoms with van der Waals surface area (Å²) < 4.78 is 0. The Morgan fingerprint density at radius 2 is 1.61 bits per heavy atom. The van der Waals surface area contributed by atoms with Crippen molar-refractivity contribution in [1.29, 1.82) is 0 Å². The monoisotopic (exact) mass is 491 g/mol. The predicted molar refractivity (Wildman–Crippen MR) is 112 cm³/mol. The molecule has 0 aromatic heterocycles. The molecule has 149 valence electrons. The van der Waals surface area contributed by atoms with E-state index in [1.807, 2.05) is 0 Å². The maximum absolute atomic E-state index is 2.42. The molecule has 0 saturated carbocycles. The molecule has 0 amide bonds. The predicted octanol–water partition coefficient (Wildman–Crippen LogP) is 1.87. The van der Waals surface area contributed by atoms with Crippen LogP contribution in [-0.2, 0) is 32.6 Å². The van der Waals surface area contributed by atoms with E-state index in [1.54, 1.807) is 0 Å². The smallest absolute Gasteiger partial charge is 1.00 e. The van der Waals surface area contributed by atoms with Gasteiger partial charge in [-0.1, -0.05) is 82.3 Å². The zero-order chi connectivity index (χ0) is 17.6. The van der Waals surface area contributed by atoms with Crippen molar-refractivity contribution in [1.82, 2.24) is 0 Å². The summed E-state index contributed by atoms with van der Waals surface area (Å²) in [4.78, 5) is 0. The van der Waals surface area contributed by atoms with E-state index in [-0.39, 0.29) is 51.0 Å². The average Bonchev–Trinajstić information content (AvgIpc) is 3.07. The van der Waals surface area contributed by atoms with Gasteiger partial charge < -0.3 is 24.8 Å². The number of hydrogen-bond donors (Lipinski definition) is 0. The van der Waals surface area contributed by atoms with Crippen molar-refractivity contribution in [2.75, 3.05) is 0 Å². The summed E-state index contributed by atoms with van der Waals surface area (Å²) in [7, 11) is 0. The molecule has 0 spiro atoms. The van der Waals surface area contributed by atoms with Gasteiger partial charge in [0.05, 0.1) is 0 Å². The van der Waals surface area contributed by atoms with Crippen molar-refractivity contribution in [3.8, 4) is 11.1 Å². The number of benzene rings is 2. The molecule has 1 radical (unpaired) electrons. The fourth-order valence-electron chi connectivity index (χ4n) is 3.68. The molecule has 3 rings (SSSR count). The number of rotatable bonds is 8. The van der Waals surface area contributed by atoms with Gasteiger partial charge >= 0.3 is 26.2 Å². The number of halogens is 2. The van der Waals surface area contributed by atoms with Gasteiger partial charge in [-0.2, -0.15) is 6.07 Å². The van der Waals surface area contributed by atoms with Gasteiger partial charge in [0.2, 0.25) is 0 Å². The maximum atomic E-state index is 2.42. The Morgan fingerprint density at radius 1 is 0.893 bits per heavy atom. The Morgan fingerprint density at radius 3 is 2.25 bits per heavy atom. The average molecular weight is 494 g/mol. The van der Waals surface area contributed by atoms with E-state index in [2.05, 4.69) is 75.4 Å². The van der Waals surface area contributed by atoms with E-state index in [0.29, 0.717) is 5.92 Å². The minimum atomic E-state index is 0. The minimum Gasteiger partial charge on any atom is -1.00 e. The van der Waals surface area contributed by atoms with Crippen LogP contribution in [0, 0.1) is 0 Å². The first-order chi connectivity index (χ1) is 12.2. The summed E-state index contributed by atoms with van der Waals surface area (Å²) in [5.74, 6) is 0.637. The van der Waals surface area contributed by atoms with E-state index in [0.717, 1.165) is 0 Å². The zero-order valence-electron chi connectivity index (χ0n) is 17.3. The summed E-state index contributed by atoms with van der Waals surface area (Å²) >= 11 is 0. The van der Waals surface area contributed by atoms with Crippen LogP contribution in [0.15, 0.2) is 54.6 Å². The van der Waals surface area contributed by atoms with Crippen LogP contribution in [0.25, 0.3) is 21.9 Å². The van der Waals surface area contributed by atoms with Crippen molar-refractivity contribution in [2.45, 2.75) is 65.2 Å². The van der Waals surface area contributed by atoms with Gasteiger partial charge in [-0.25, -0.2) is 0 Å². The second-order valence-corrected chi connectivity index (χ2v) is 7.41. The maximum Gasteiger partial charge on any atom is 3.00 e. The van der Waals surface area contributed by atoms with Crippen molar-refractivity contribution in [3.63, 3.8) is 0 Å². The van der Waals surface area contributed by atoms with E-state index in [9.17, 15) is 0 Å². The Hall–Kier alpha value is -0.487. The summed E-state index contributed by atoms with van der Waals surface area (Å²) in [6, 6.07) is 20.7. The van der Waals surface area contributed by atoms with Gasteiger partial charge in [0, 0.05) is 0 Å². The fourth-order valence-corrected chi connectivity index (χ4v) is 3.68. The minimum absolute atomic E-state index is 0. The van der Waals surface area contributed by atoms with Crippen molar-refractivity contribution >= 4 is 10.8 Å². The Labute approximate surface area is 202 Å². The molecule has 1 unspecified atom stereocenters. The number of fused-ring (bicyclic) bond motifs is 1. The first-order valence-corrected chi connectivity index (χ1v) is 10.0. The molecule has 0 nitrogen and oxygen atoms in total. The van der Waals surface area contributed by atoms with E-state index in [1.165, 1.54) is 71.6 Å². The summed E-state index contributed by atoms with van der Waals surface area (Å²) in [6.07, 6.45) is 7.72. The first-order valence-electron chi connectivity index (χ1n) is 10.0. The van der Waals surface area contributed by atoms with Gasteiger partial charge in [-0.3, -0.25) is 0 Å². The summed E-state index contributed by atoms with van der Waals surface area (Å²) in [5, 5.41) is 2.79. The molecule has 3 heteroatoms. The van der Waals surface area contributed by atoms with Gasteiger partial charge in [-0.15, -0.1) is 34.5 Å². The van der Waals surface area contributed by atoms with Gasteiger partial charge in [-0.05, 0) is 29.9 Å². The van der Waals surface area contributed by atoms with Gasteiger partial charge in [0.15, 0.2) is 0 Å². The van der Waals surface area contributed by atoms with Gasteiger partial charge in [0.1, 0.15) is 0 Å². The number of aryl methyl sites for hydroxylation is 1. The third-order valence-electron chi connectivity index (χ3n) is 5.53. The standard InChI is InChI=1S/C25H31.2ClH.Zr/c1-4-6-7-8-10-20-17-23-11-9-12-24(25(23)18-20)22-15-13-21(14-16-22)19(3)5-2;;;/h9,11-19H,4-8,10H2,1-3H3;2*1H;/q-1;;;+3/p-2. The van der Waals surface area contributed by atoms with Crippen LogP contribution in [0.3, 0.4) is 0 Å². The Balaban J connectivity index is 0.00000243. The molecule has 0 fully saturated rings. The number of hydrogen-bond acceptors (Lipinski definition) is 0. The molecule has 3 aromatic carbocycles. The normalized spacial score (nSPS) is 11.2. The van der Waals surface area contributed by atoms with Crippen LogP contribution in [0.2, 0.25) is 0 Å². The SMILES string of the molecule is CCCCCCc1cc2c(-c3ccc(C(C)CC)cc3)cccc2[cH-]1.[Cl-].[Cl-].[Zr+3]. The number of unbranched alkanes of at least 4 members (excludes halogenated alkanes) is 3. The molecule has 28 heavy (non-hydrogen) atoms. The van der Waals surface area contributed by atoms with E-state index >= 15 is 0 Å². The summed E-state index contributed by atoms with van der Waals surface area (Å²) in [5.41, 5.74) is 5.64. The third-order valence-corrected chi connectivity index (χ3v) is 5.53. The molecular formula is C25H31Cl2Zr. The molecule has 0 N–H and O–H groups in total. The molecular weight excluding hydrogens is 462 g/mol. The molecule has 0 heterocycles. The second-order valence-electron chi connectivity index (χ2n) is 7.41. The topological polar surface area (TPSA) is 0 Å². The first kappa shape index (κ1) is 27.5. The molecule has 0 aliphatic rings. The Bertz CT molecular complexity index is 805. The molecule has 0 saturated heterocycles. The zero-order valence-corrected chi connectivity index (χ0v) is 21.2. The summed E-state index contributed by atoms with van der Waals surface area (Å²) in [6.45, 7) is 6.83. The fraction of sp³-hybridized carbons (Fsp3) is 0.400. The molecule has 0 aliphatic heterocycles. The molecule has 3 aromatic rings. The molecule has 1 atom stereocenters. The van der Waals surface area contributed by atoms with Crippen LogP contribution >= 0.6 is 0 Å². The second kappa shape index (κ2) is 13.7. The van der Waals surface area contributed by atoms with Gasteiger partial charge in [0.25, 0.3) is 0 Å². The van der Waals surface area contributed by atoms with E-state index < -0.39 is 0 Å². The van der Waals surface area contributed by atoms with Crippen LogP contribution in [0.5, 0.6) is 0 Å². The van der Waals surface area contributed by atoms with Crippen molar-refractivity contribution in [3.05, 3.63) is 65.7 Å². The van der Waals surface area contributed by atoms with Crippen LogP contribution in [-0.4, -0.2) is 0 Å². The van der Waals surface area contributed by atoms with Crippen molar-refractivity contribution in [2.24, 2.45) is 0 Å². The van der Waals surface area contributed by atoms with E-state index in [4.69, 9.17) is 0 Å². The van der Waals surface area contributed by atoms with Crippen LogP contribution < -0.4 is 24.8 Å². The largest absolute Gasteiger partial charge is 3.00 e.